The zero-order valence-corrected chi connectivity index (χ0v) is 12.9. The molecule has 1 aliphatic heterocycles. The van der Waals surface area contributed by atoms with Crippen molar-refractivity contribution >= 4 is 21.4 Å². The number of para-hydroxylation sites is 1. The van der Waals surface area contributed by atoms with Gasteiger partial charge in [-0.25, -0.2) is 8.42 Å². The van der Waals surface area contributed by atoms with Gasteiger partial charge in [0.25, 0.3) is 10.0 Å². The van der Waals surface area contributed by atoms with Gasteiger partial charge in [0.2, 0.25) is 0 Å². The highest BCUT2D eigenvalue weighted by Crippen LogP contribution is 2.37. The van der Waals surface area contributed by atoms with Gasteiger partial charge in [0, 0.05) is 6.04 Å². The highest BCUT2D eigenvalue weighted by molar-refractivity contribution is 7.93. The maximum Gasteiger partial charge on any atom is 0.266 e. The number of nitrogens with two attached hydrogens (primary N) is 1. The quantitative estimate of drug-likeness (QED) is 0.868. The molecule has 1 heterocycles. The molecule has 0 aliphatic carbocycles. The van der Waals surface area contributed by atoms with E-state index >= 15 is 0 Å². The van der Waals surface area contributed by atoms with Gasteiger partial charge in [-0.1, -0.05) is 24.3 Å². The van der Waals surface area contributed by atoms with Crippen LogP contribution in [0.15, 0.2) is 47.4 Å². The minimum atomic E-state index is -3.64. The fourth-order valence-electron chi connectivity index (χ4n) is 2.91. The number of hydrogen-bond donors (Lipinski definition) is 1. The fourth-order valence-corrected chi connectivity index (χ4v) is 4.71. The largest absolute Gasteiger partial charge is 0.398 e. The Balaban J connectivity index is 2.15. The van der Waals surface area contributed by atoms with E-state index in [1.54, 1.807) is 18.2 Å². The number of benzene rings is 2. The minimum absolute atomic E-state index is 0.104. The molecule has 0 saturated heterocycles. The van der Waals surface area contributed by atoms with Crippen LogP contribution in [0.3, 0.4) is 0 Å². The maximum absolute atomic E-state index is 13.0. The molecule has 0 aromatic heterocycles. The molecule has 0 spiro atoms. The predicted octanol–water partition coefficient (Wildman–Crippen LogP) is 2.72. The van der Waals surface area contributed by atoms with Gasteiger partial charge in [-0.2, -0.15) is 0 Å². The number of sulfonamides is 1. The van der Waals surface area contributed by atoms with Crippen LogP contribution in [-0.4, -0.2) is 14.5 Å². The molecule has 0 bridgehead atoms. The molecule has 110 valence electrons. The van der Waals surface area contributed by atoms with E-state index in [-0.39, 0.29) is 10.9 Å². The number of nitrogens with zero attached hydrogens (tertiary/aromatic N) is 1. The molecular weight excluding hydrogens is 284 g/mol. The molecule has 2 N–H and O–H groups in total. The number of aryl methyl sites for hydroxylation is 1. The lowest BCUT2D eigenvalue weighted by molar-refractivity contribution is 0.584. The molecule has 5 heteroatoms. The van der Waals surface area contributed by atoms with Gasteiger partial charge in [0.1, 0.15) is 4.90 Å². The van der Waals surface area contributed by atoms with Crippen LogP contribution in [0, 0.1) is 6.92 Å². The van der Waals surface area contributed by atoms with Crippen LogP contribution in [-0.2, 0) is 16.4 Å². The molecule has 0 radical (unpaired) electrons. The Morgan fingerprint density at radius 3 is 2.62 bits per heavy atom. The van der Waals surface area contributed by atoms with Crippen LogP contribution in [0.25, 0.3) is 0 Å². The first-order valence-corrected chi connectivity index (χ1v) is 8.34. The highest BCUT2D eigenvalue weighted by Gasteiger charge is 2.36. The van der Waals surface area contributed by atoms with Gasteiger partial charge < -0.3 is 5.73 Å². The molecule has 4 nitrogen and oxygen atoms in total. The Kier molecular flexibility index (Phi) is 3.17. The van der Waals surface area contributed by atoms with E-state index in [9.17, 15) is 8.42 Å². The molecular formula is C16H18N2O2S. The number of nitrogen functional groups attached to an aromatic ring is 1. The smallest absolute Gasteiger partial charge is 0.266 e. The van der Waals surface area contributed by atoms with E-state index in [1.807, 2.05) is 38.1 Å². The maximum atomic E-state index is 13.0. The SMILES string of the molecule is Cc1ccc(S(=O)(=O)N2c3ccccc3CC2C)c(N)c1. The summed E-state index contributed by atoms with van der Waals surface area (Å²) in [6.45, 7) is 3.81. The topological polar surface area (TPSA) is 63.4 Å². The van der Waals surface area contributed by atoms with Crippen LogP contribution in [0.2, 0.25) is 0 Å². The predicted molar refractivity (Wildman–Crippen MR) is 84.9 cm³/mol. The second-order valence-corrected chi connectivity index (χ2v) is 7.31. The Morgan fingerprint density at radius 1 is 1.19 bits per heavy atom. The lowest BCUT2D eigenvalue weighted by Gasteiger charge is -2.25. The van der Waals surface area contributed by atoms with E-state index in [2.05, 4.69) is 0 Å². The summed E-state index contributed by atoms with van der Waals surface area (Å²) in [5.74, 6) is 0. The van der Waals surface area contributed by atoms with Crippen LogP contribution in [0.4, 0.5) is 11.4 Å². The summed E-state index contributed by atoms with van der Waals surface area (Å²) < 4.78 is 27.5. The number of anilines is 2. The van der Waals surface area contributed by atoms with Crippen LogP contribution >= 0.6 is 0 Å². The third kappa shape index (κ3) is 2.17. The summed E-state index contributed by atoms with van der Waals surface area (Å²) >= 11 is 0. The van der Waals surface area contributed by atoms with Gasteiger partial charge in [-0.15, -0.1) is 0 Å². The second-order valence-electron chi connectivity index (χ2n) is 5.52. The van der Waals surface area contributed by atoms with Crippen molar-refractivity contribution in [1.82, 2.24) is 0 Å². The van der Waals surface area contributed by atoms with Crippen molar-refractivity contribution in [3.05, 3.63) is 53.6 Å². The zero-order valence-electron chi connectivity index (χ0n) is 12.1. The van der Waals surface area contributed by atoms with Crippen molar-refractivity contribution in [1.29, 1.82) is 0 Å². The molecule has 3 rings (SSSR count). The molecule has 1 unspecified atom stereocenters. The lowest BCUT2D eigenvalue weighted by atomic mass is 10.1. The van der Waals surface area contributed by atoms with Gasteiger partial charge in [-0.05, 0) is 49.6 Å². The van der Waals surface area contributed by atoms with Crippen molar-refractivity contribution in [2.24, 2.45) is 0 Å². The molecule has 2 aromatic rings. The Labute approximate surface area is 125 Å². The average molecular weight is 302 g/mol. The standard InChI is InChI=1S/C16H18N2O2S/c1-11-7-8-16(14(17)9-11)21(19,20)18-12(2)10-13-5-3-4-6-15(13)18/h3-9,12H,10,17H2,1-2H3. The van der Waals surface area contributed by atoms with Crippen LogP contribution in [0.1, 0.15) is 18.1 Å². The number of hydrogen-bond acceptors (Lipinski definition) is 3. The summed E-state index contributed by atoms with van der Waals surface area (Å²) in [5.41, 5.74) is 8.99. The molecule has 0 saturated carbocycles. The van der Waals surface area contributed by atoms with E-state index in [0.717, 1.165) is 23.2 Å². The van der Waals surface area contributed by atoms with Crippen molar-refractivity contribution in [3.8, 4) is 0 Å². The monoisotopic (exact) mass is 302 g/mol. The lowest BCUT2D eigenvalue weighted by Crippen LogP contribution is -2.36. The molecule has 2 aromatic carbocycles. The third-order valence-electron chi connectivity index (χ3n) is 3.85. The first kappa shape index (κ1) is 13.9. The Hall–Kier alpha value is -2.01. The summed E-state index contributed by atoms with van der Waals surface area (Å²) in [5, 5.41) is 0. The van der Waals surface area contributed by atoms with Crippen LogP contribution in [0.5, 0.6) is 0 Å². The van der Waals surface area contributed by atoms with E-state index < -0.39 is 10.0 Å². The van der Waals surface area contributed by atoms with Crippen LogP contribution < -0.4 is 10.0 Å². The van der Waals surface area contributed by atoms with Crippen molar-refractivity contribution in [3.63, 3.8) is 0 Å². The molecule has 21 heavy (non-hydrogen) atoms. The Morgan fingerprint density at radius 2 is 1.90 bits per heavy atom. The summed E-state index contributed by atoms with van der Waals surface area (Å²) in [4.78, 5) is 0.177. The summed E-state index contributed by atoms with van der Waals surface area (Å²) in [7, 11) is -3.64. The first-order valence-electron chi connectivity index (χ1n) is 6.90. The highest BCUT2D eigenvalue weighted by atomic mass is 32.2. The second kappa shape index (κ2) is 4.77. The van der Waals surface area contributed by atoms with Gasteiger partial charge in [0.15, 0.2) is 0 Å². The van der Waals surface area contributed by atoms with Crippen molar-refractivity contribution < 1.29 is 8.42 Å². The van der Waals surface area contributed by atoms with Gasteiger partial charge >= 0.3 is 0 Å². The van der Waals surface area contributed by atoms with E-state index in [1.165, 1.54) is 4.31 Å². The fraction of sp³-hybridized carbons (Fsp3) is 0.250. The van der Waals surface area contributed by atoms with E-state index in [4.69, 9.17) is 5.73 Å². The van der Waals surface area contributed by atoms with Gasteiger partial charge in [0.05, 0.1) is 11.4 Å². The normalized spacial score (nSPS) is 17.8. The van der Waals surface area contributed by atoms with Crippen molar-refractivity contribution in [2.45, 2.75) is 31.2 Å². The summed E-state index contributed by atoms with van der Waals surface area (Å²) in [6, 6.07) is 12.6. The molecule has 1 aliphatic rings. The molecule has 0 amide bonds. The number of fused-ring (bicyclic) bond motifs is 1. The zero-order chi connectivity index (χ0) is 15.2. The van der Waals surface area contributed by atoms with Crippen molar-refractivity contribution in [2.75, 3.05) is 10.0 Å². The van der Waals surface area contributed by atoms with E-state index in [0.29, 0.717) is 5.69 Å². The third-order valence-corrected chi connectivity index (χ3v) is 5.85. The Bertz CT molecular complexity index is 800. The summed E-state index contributed by atoms with van der Waals surface area (Å²) in [6.07, 6.45) is 0.723. The average Bonchev–Trinajstić information content (AvgIpc) is 2.74. The minimum Gasteiger partial charge on any atom is -0.398 e. The van der Waals surface area contributed by atoms with Gasteiger partial charge in [-0.3, -0.25) is 4.31 Å². The first-order chi connectivity index (χ1) is 9.91. The number of rotatable bonds is 2. The molecule has 1 atom stereocenters. The molecule has 0 fully saturated rings.